The second-order valence-corrected chi connectivity index (χ2v) is 4.75. The van der Waals surface area contributed by atoms with Gasteiger partial charge in [-0.3, -0.25) is 4.98 Å². The Morgan fingerprint density at radius 1 is 1.19 bits per heavy atom. The van der Waals surface area contributed by atoms with Gasteiger partial charge in [0.1, 0.15) is 5.82 Å². The van der Waals surface area contributed by atoms with E-state index in [0.29, 0.717) is 20.9 Å². The fourth-order valence-electron chi connectivity index (χ4n) is 1.54. The van der Waals surface area contributed by atoms with Gasteiger partial charge in [-0.1, -0.05) is 37.0 Å². The third-order valence-corrected chi connectivity index (χ3v) is 3.03. The first kappa shape index (κ1) is 11.6. The van der Waals surface area contributed by atoms with Crippen molar-refractivity contribution in [1.29, 1.82) is 0 Å². The Bertz CT molecular complexity index is 552. The van der Waals surface area contributed by atoms with Gasteiger partial charge in [0.05, 0.1) is 20.9 Å². The van der Waals surface area contributed by atoms with Crippen LogP contribution in [0.2, 0.25) is 10.0 Å². The summed E-state index contributed by atoms with van der Waals surface area (Å²) in [4.78, 5) is 4.34. The lowest BCUT2D eigenvalue weighted by Crippen LogP contribution is -1.95. The van der Waals surface area contributed by atoms with Crippen LogP contribution in [0, 0.1) is 5.82 Å². The van der Waals surface area contributed by atoms with Crippen LogP contribution in [0.25, 0.3) is 10.9 Å². The molecule has 1 heterocycles. The molecule has 0 unspecified atom stereocenters. The molecule has 0 spiro atoms. The lowest BCUT2D eigenvalue weighted by Gasteiger charge is -2.09. The number of pyridine rings is 1. The SMILES string of the molecule is CC(C)c1cc(Cl)c2c(F)ccc(Cl)c2n1. The number of aromatic nitrogens is 1. The number of hydrogen-bond donors (Lipinski definition) is 0. The molecule has 0 aliphatic rings. The molecule has 0 N–H and O–H groups in total. The van der Waals surface area contributed by atoms with Crippen LogP contribution >= 0.6 is 23.2 Å². The molecule has 1 nitrogen and oxygen atoms in total. The van der Waals surface area contributed by atoms with Crippen molar-refractivity contribution >= 4 is 34.1 Å². The lowest BCUT2D eigenvalue weighted by atomic mass is 10.1. The third kappa shape index (κ3) is 1.87. The summed E-state index contributed by atoms with van der Waals surface area (Å²) < 4.78 is 13.6. The van der Waals surface area contributed by atoms with Crippen molar-refractivity contribution in [3.63, 3.8) is 0 Å². The maximum atomic E-state index is 13.6. The minimum absolute atomic E-state index is 0.223. The Balaban J connectivity index is 2.86. The molecule has 0 bridgehead atoms. The quantitative estimate of drug-likeness (QED) is 0.715. The summed E-state index contributed by atoms with van der Waals surface area (Å²) in [6, 6.07) is 4.48. The Morgan fingerprint density at radius 2 is 1.88 bits per heavy atom. The molecule has 0 aliphatic carbocycles. The summed E-state index contributed by atoms with van der Waals surface area (Å²) in [7, 11) is 0. The highest BCUT2D eigenvalue weighted by molar-refractivity contribution is 6.39. The molecule has 2 rings (SSSR count). The minimum Gasteiger partial charge on any atom is -0.251 e. The predicted molar refractivity (Wildman–Crippen MR) is 65.8 cm³/mol. The largest absolute Gasteiger partial charge is 0.251 e. The molecule has 84 valence electrons. The topological polar surface area (TPSA) is 12.9 Å². The number of rotatable bonds is 1. The van der Waals surface area contributed by atoms with Crippen molar-refractivity contribution in [3.8, 4) is 0 Å². The summed E-state index contributed by atoms with van der Waals surface area (Å²) in [6.45, 7) is 4.00. The average molecular weight is 258 g/mol. The molecule has 2 aromatic rings. The van der Waals surface area contributed by atoms with E-state index in [1.54, 1.807) is 6.07 Å². The number of hydrogen-bond acceptors (Lipinski definition) is 1. The van der Waals surface area contributed by atoms with E-state index in [2.05, 4.69) is 4.98 Å². The van der Waals surface area contributed by atoms with Crippen molar-refractivity contribution < 1.29 is 4.39 Å². The van der Waals surface area contributed by atoms with Crippen LogP contribution < -0.4 is 0 Å². The van der Waals surface area contributed by atoms with Gasteiger partial charge in [-0.25, -0.2) is 4.39 Å². The van der Waals surface area contributed by atoms with E-state index >= 15 is 0 Å². The molecule has 0 saturated heterocycles. The molecule has 0 saturated carbocycles. The van der Waals surface area contributed by atoms with E-state index in [1.807, 2.05) is 13.8 Å². The minimum atomic E-state index is -0.396. The molecular formula is C12H10Cl2FN. The fraction of sp³-hybridized carbons (Fsp3) is 0.250. The second-order valence-electron chi connectivity index (χ2n) is 3.94. The maximum absolute atomic E-state index is 13.6. The van der Waals surface area contributed by atoms with Gasteiger partial charge < -0.3 is 0 Å². The van der Waals surface area contributed by atoms with E-state index in [1.165, 1.54) is 12.1 Å². The van der Waals surface area contributed by atoms with Crippen LogP contribution in [0.15, 0.2) is 18.2 Å². The molecule has 1 aromatic carbocycles. The van der Waals surface area contributed by atoms with Gasteiger partial charge in [-0.05, 0) is 24.1 Å². The van der Waals surface area contributed by atoms with Gasteiger partial charge in [0.15, 0.2) is 0 Å². The van der Waals surface area contributed by atoms with E-state index in [0.717, 1.165) is 5.69 Å². The summed E-state index contributed by atoms with van der Waals surface area (Å²) in [5.74, 6) is -0.173. The van der Waals surface area contributed by atoms with Crippen molar-refractivity contribution in [2.24, 2.45) is 0 Å². The average Bonchev–Trinajstić information content (AvgIpc) is 2.22. The van der Waals surface area contributed by atoms with Gasteiger partial charge in [0.2, 0.25) is 0 Å². The van der Waals surface area contributed by atoms with Crippen LogP contribution in [0.3, 0.4) is 0 Å². The van der Waals surface area contributed by atoms with Crippen molar-refractivity contribution in [1.82, 2.24) is 4.98 Å². The molecule has 0 radical (unpaired) electrons. The van der Waals surface area contributed by atoms with Gasteiger partial charge in [-0.2, -0.15) is 0 Å². The monoisotopic (exact) mass is 257 g/mol. The van der Waals surface area contributed by atoms with E-state index in [-0.39, 0.29) is 5.92 Å². The molecule has 4 heteroatoms. The van der Waals surface area contributed by atoms with E-state index in [9.17, 15) is 4.39 Å². The number of nitrogens with zero attached hydrogens (tertiary/aromatic N) is 1. The van der Waals surface area contributed by atoms with Crippen LogP contribution in [0.1, 0.15) is 25.5 Å². The lowest BCUT2D eigenvalue weighted by molar-refractivity contribution is 0.639. The zero-order valence-electron chi connectivity index (χ0n) is 8.89. The van der Waals surface area contributed by atoms with Crippen molar-refractivity contribution in [3.05, 3.63) is 39.8 Å². The molecule has 0 amide bonds. The second kappa shape index (κ2) is 4.19. The zero-order valence-corrected chi connectivity index (χ0v) is 10.4. The summed E-state index contributed by atoms with van der Waals surface area (Å²) in [5, 5.41) is 1.06. The fourth-order valence-corrected chi connectivity index (χ4v) is 2.03. The summed E-state index contributed by atoms with van der Waals surface area (Å²) >= 11 is 12.0. The van der Waals surface area contributed by atoms with Gasteiger partial charge in [-0.15, -0.1) is 0 Å². The van der Waals surface area contributed by atoms with Gasteiger partial charge in [0, 0.05) is 5.69 Å². The summed E-state index contributed by atoms with van der Waals surface area (Å²) in [6.07, 6.45) is 0. The maximum Gasteiger partial charge on any atom is 0.134 e. The summed E-state index contributed by atoms with van der Waals surface area (Å²) in [5.41, 5.74) is 1.24. The van der Waals surface area contributed by atoms with E-state index in [4.69, 9.17) is 23.2 Å². The van der Waals surface area contributed by atoms with Crippen LogP contribution in [-0.4, -0.2) is 4.98 Å². The predicted octanol–water partition coefficient (Wildman–Crippen LogP) is 4.80. The van der Waals surface area contributed by atoms with Crippen LogP contribution in [-0.2, 0) is 0 Å². The van der Waals surface area contributed by atoms with E-state index < -0.39 is 5.82 Å². The standard InChI is InChI=1S/C12H10Cl2FN/c1-6(2)10-5-8(14)11-9(15)4-3-7(13)12(11)16-10/h3-6H,1-2H3. The Kier molecular flexibility index (Phi) is 3.04. The first-order chi connectivity index (χ1) is 7.50. The first-order valence-electron chi connectivity index (χ1n) is 4.95. The van der Waals surface area contributed by atoms with Crippen molar-refractivity contribution in [2.75, 3.05) is 0 Å². The van der Waals surface area contributed by atoms with Crippen LogP contribution in [0.4, 0.5) is 4.39 Å². The molecular weight excluding hydrogens is 248 g/mol. The number of benzene rings is 1. The smallest absolute Gasteiger partial charge is 0.134 e. The number of fused-ring (bicyclic) bond motifs is 1. The number of halogens is 3. The highest BCUT2D eigenvalue weighted by Crippen LogP contribution is 2.32. The highest BCUT2D eigenvalue weighted by Gasteiger charge is 2.13. The van der Waals surface area contributed by atoms with Gasteiger partial charge in [0.25, 0.3) is 0 Å². The third-order valence-electron chi connectivity index (χ3n) is 2.42. The normalized spacial score (nSPS) is 11.4. The van der Waals surface area contributed by atoms with Crippen LogP contribution in [0.5, 0.6) is 0 Å². The van der Waals surface area contributed by atoms with Crippen molar-refractivity contribution in [2.45, 2.75) is 19.8 Å². The zero-order chi connectivity index (χ0) is 11.9. The highest BCUT2D eigenvalue weighted by atomic mass is 35.5. The molecule has 0 fully saturated rings. The molecule has 1 aromatic heterocycles. The molecule has 0 aliphatic heterocycles. The van der Waals surface area contributed by atoms with Gasteiger partial charge >= 0.3 is 0 Å². The Labute approximate surface area is 103 Å². The molecule has 0 atom stereocenters. The molecule has 16 heavy (non-hydrogen) atoms. The Morgan fingerprint density at radius 3 is 2.50 bits per heavy atom. The first-order valence-corrected chi connectivity index (χ1v) is 5.70. The Hall–Kier alpha value is -0.860.